The van der Waals surface area contributed by atoms with Crippen LogP contribution in [0.3, 0.4) is 0 Å². The third-order valence-electron chi connectivity index (χ3n) is 5.76. The number of aryl methyl sites for hydroxylation is 5. The van der Waals surface area contributed by atoms with E-state index in [2.05, 4.69) is 44.3 Å². The molecule has 0 atom stereocenters. The third kappa shape index (κ3) is 4.54. The minimum Gasteiger partial charge on any atom is -0.385 e. The van der Waals surface area contributed by atoms with Crippen molar-refractivity contribution < 1.29 is 9.53 Å². The van der Waals surface area contributed by atoms with Crippen LogP contribution in [0.25, 0.3) is 16.7 Å². The highest BCUT2D eigenvalue weighted by Crippen LogP contribution is 2.28. The topological polar surface area (TPSA) is 69.0 Å². The zero-order chi connectivity index (χ0) is 21.8. The van der Waals surface area contributed by atoms with Crippen molar-refractivity contribution in [3.05, 3.63) is 51.8 Å². The van der Waals surface area contributed by atoms with Gasteiger partial charge in [-0.15, -0.1) is 0 Å². The van der Waals surface area contributed by atoms with E-state index in [0.29, 0.717) is 26.0 Å². The Kier molecular flexibility index (Phi) is 6.87. The molecule has 0 spiro atoms. The maximum Gasteiger partial charge on any atom is 0.220 e. The number of carbonyl (C=O) groups excluding carboxylic acids is 1. The van der Waals surface area contributed by atoms with E-state index >= 15 is 0 Å². The first-order valence-corrected chi connectivity index (χ1v) is 10.5. The molecule has 0 fully saturated rings. The van der Waals surface area contributed by atoms with Gasteiger partial charge >= 0.3 is 0 Å². The second-order valence-corrected chi connectivity index (χ2v) is 7.96. The Morgan fingerprint density at radius 1 is 1.10 bits per heavy atom. The Hall–Kier alpha value is -2.73. The molecule has 0 radical (unpaired) electrons. The Labute approximate surface area is 178 Å². The van der Waals surface area contributed by atoms with Crippen molar-refractivity contribution in [1.29, 1.82) is 0 Å². The SMILES string of the molecule is COCCCNC(=O)CCc1c(C)nc2c(c(C)nn2-c2ccc(C)c(C)c2)c1C. The lowest BCUT2D eigenvalue weighted by Gasteiger charge is -2.12. The molecule has 1 N–H and O–H groups in total. The summed E-state index contributed by atoms with van der Waals surface area (Å²) in [5, 5.41) is 8.82. The second-order valence-electron chi connectivity index (χ2n) is 7.96. The molecular weight excluding hydrogens is 376 g/mol. The van der Waals surface area contributed by atoms with Gasteiger partial charge in [0.15, 0.2) is 5.65 Å². The molecule has 2 aromatic heterocycles. The lowest BCUT2D eigenvalue weighted by Crippen LogP contribution is -2.25. The quantitative estimate of drug-likeness (QED) is 0.571. The molecule has 2 heterocycles. The first kappa shape index (κ1) is 22.0. The average molecular weight is 409 g/mol. The van der Waals surface area contributed by atoms with Crippen molar-refractivity contribution in [1.82, 2.24) is 20.1 Å². The van der Waals surface area contributed by atoms with Crippen molar-refractivity contribution in [3.63, 3.8) is 0 Å². The molecule has 6 nitrogen and oxygen atoms in total. The van der Waals surface area contributed by atoms with E-state index in [4.69, 9.17) is 14.8 Å². The summed E-state index contributed by atoms with van der Waals surface area (Å²) in [4.78, 5) is 17.1. The molecule has 0 aliphatic rings. The normalized spacial score (nSPS) is 11.3. The molecule has 30 heavy (non-hydrogen) atoms. The van der Waals surface area contributed by atoms with Crippen LogP contribution in [0.15, 0.2) is 18.2 Å². The van der Waals surface area contributed by atoms with Crippen LogP contribution in [0.2, 0.25) is 0 Å². The standard InChI is InChI=1S/C24H32N4O2/c1-15-8-9-20(14-16(15)2)28-24-23(19(5)27-28)17(3)21(18(4)26-24)10-11-22(29)25-12-7-13-30-6/h8-9,14H,7,10-13H2,1-6H3,(H,25,29). The van der Waals surface area contributed by atoms with Crippen molar-refractivity contribution >= 4 is 16.9 Å². The average Bonchev–Trinajstić information content (AvgIpc) is 3.03. The molecule has 1 amide bonds. The molecule has 160 valence electrons. The van der Waals surface area contributed by atoms with Crippen molar-refractivity contribution in [3.8, 4) is 5.69 Å². The van der Waals surface area contributed by atoms with Gasteiger partial charge in [-0.1, -0.05) is 6.07 Å². The third-order valence-corrected chi connectivity index (χ3v) is 5.76. The van der Waals surface area contributed by atoms with Crippen LogP contribution in [0.1, 0.15) is 46.5 Å². The fourth-order valence-electron chi connectivity index (χ4n) is 3.88. The van der Waals surface area contributed by atoms with Gasteiger partial charge in [-0.2, -0.15) is 5.10 Å². The predicted octanol–water partition coefficient (Wildman–Crippen LogP) is 4.05. The zero-order valence-electron chi connectivity index (χ0n) is 18.9. The number of nitrogens with zero attached hydrogens (tertiary/aromatic N) is 3. The Morgan fingerprint density at radius 2 is 1.87 bits per heavy atom. The van der Waals surface area contributed by atoms with Gasteiger partial charge in [0, 0.05) is 37.8 Å². The Morgan fingerprint density at radius 3 is 2.57 bits per heavy atom. The maximum absolute atomic E-state index is 12.2. The van der Waals surface area contributed by atoms with Crippen molar-refractivity contribution in [2.45, 2.75) is 53.9 Å². The van der Waals surface area contributed by atoms with E-state index in [9.17, 15) is 4.79 Å². The highest BCUT2D eigenvalue weighted by atomic mass is 16.5. The number of benzene rings is 1. The fourth-order valence-corrected chi connectivity index (χ4v) is 3.88. The van der Waals surface area contributed by atoms with E-state index in [0.717, 1.165) is 45.7 Å². The van der Waals surface area contributed by atoms with Gasteiger partial charge in [0.25, 0.3) is 0 Å². The van der Waals surface area contributed by atoms with E-state index in [-0.39, 0.29) is 5.91 Å². The summed E-state index contributed by atoms with van der Waals surface area (Å²) in [5.74, 6) is 0.0625. The molecule has 0 saturated carbocycles. The summed E-state index contributed by atoms with van der Waals surface area (Å²) in [6.45, 7) is 11.7. The van der Waals surface area contributed by atoms with Crippen LogP contribution in [0.5, 0.6) is 0 Å². The smallest absolute Gasteiger partial charge is 0.220 e. The number of rotatable bonds is 8. The van der Waals surface area contributed by atoms with Gasteiger partial charge in [-0.3, -0.25) is 4.79 Å². The maximum atomic E-state index is 12.2. The highest BCUT2D eigenvalue weighted by molar-refractivity contribution is 5.85. The number of nitrogens with one attached hydrogen (secondary N) is 1. The number of methoxy groups -OCH3 is 1. The number of aromatic nitrogens is 3. The molecule has 0 aliphatic carbocycles. The van der Waals surface area contributed by atoms with Gasteiger partial charge in [0.1, 0.15) is 0 Å². The number of amides is 1. The van der Waals surface area contributed by atoms with Crippen molar-refractivity contribution in [2.75, 3.05) is 20.3 Å². The molecule has 3 aromatic rings. The van der Waals surface area contributed by atoms with Gasteiger partial charge in [0.05, 0.1) is 11.4 Å². The molecule has 1 aromatic carbocycles. The number of carbonyl (C=O) groups is 1. The zero-order valence-corrected chi connectivity index (χ0v) is 18.9. The van der Waals surface area contributed by atoms with Gasteiger partial charge in [0.2, 0.25) is 5.91 Å². The molecule has 0 unspecified atom stereocenters. The molecule has 6 heteroatoms. The molecular formula is C24H32N4O2. The largest absolute Gasteiger partial charge is 0.385 e. The number of hydrogen-bond donors (Lipinski definition) is 1. The number of hydrogen-bond acceptors (Lipinski definition) is 4. The van der Waals surface area contributed by atoms with E-state index in [1.807, 2.05) is 18.5 Å². The fraction of sp³-hybridized carbons (Fsp3) is 0.458. The monoisotopic (exact) mass is 408 g/mol. The van der Waals surface area contributed by atoms with Crippen molar-refractivity contribution in [2.24, 2.45) is 0 Å². The number of ether oxygens (including phenoxy) is 1. The first-order valence-electron chi connectivity index (χ1n) is 10.5. The van der Waals surface area contributed by atoms with E-state index in [1.54, 1.807) is 7.11 Å². The summed E-state index contributed by atoms with van der Waals surface area (Å²) in [6.07, 6.45) is 1.95. The van der Waals surface area contributed by atoms with E-state index < -0.39 is 0 Å². The second kappa shape index (κ2) is 9.39. The lowest BCUT2D eigenvalue weighted by molar-refractivity contribution is -0.121. The summed E-state index contributed by atoms with van der Waals surface area (Å²) in [6, 6.07) is 6.35. The summed E-state index contributed by atoms with van der Waals surface area (Å²) in [7, 11) is 1.67. The van der Waals surface area contributed by atoms with Crippen LogP contribution in [0.4, 0.5) is 0 Å². The van der Waals surface area contributed by atoms with Crippen LogP contribution >= 0.6 is 0 Å². The predicted molar refractivity (Wildman–Crippen MR) is 120 cm³/mol. The summed E-state index contributed by atoms with van der Waals surface area (Å²) >= 11 is 0. The first-order chi connectivity index (χ1) is 14.3. The van der Waals surface area contributed by atoms with Gasteiger partial charge in [-0.25, -0.2) is 9.67 Å². The highest BCUT2D eigenvalue weighted by Gasteiger charge is 2.18. The van der Waals surface area contributed by atoms with Gasteiger partial charge in [-0.05, 0) is 81.8 Å². The molecule has 0 bridgehead atoms. The summed E-state index contributed by atoms with van der Waals surface area (Å²) in [5.41, 5.74) is 8.60. The summed E-state index contributed by atoms with van der Waals surface area (Å²) < 4.78 is 6.95. The van der Waals surface area contributed by atoms with E-state index in [1.165, 1.54) is 11.1 Å². The van der Waals surface area contributed by atoms with Crippen LogP contribution in [-0.2, 0) is 16.0 Å². The number of pyridine rings is 1. The lowest BCUT2D eigenvalue weighted by atomic mass is 9.99. The van der Waals surface area contributed by atoms with Crippen LogP contribution in [0, 0.1) is 34.6 Å². The molecule has 0 aliphatic heterocycles. The molecule has 3 rings (SSSR count). The van der Waals surface area contributed by atoms with Crippen LogP contribution in [-0.4, -0.2) is 40.9 Å². The minimum atomic E-state index is 0.0625. The number of fused-ring (bicyclic) bond motifs is 1. The Balaban J connectivity index is 1.87. The van der Waals surface area contributed by atoms with Crippen LogP contribution < -0.4 is 5.32 Å². The molecule has 0 saturated heterocycles. The Bertz CT molecular complexity index is 1070. The minimum absolute atomic E-state index is 0.0625. The van der Waals surface area contributed by atoms with Gasteiger partial charge < -0.3 is 10.1 Å².